The first-order valence-electron chi connectivity index (χ1n) is 4.01. The van der Waals surface area contributed by atoms with Crippen LogP contribution in [-0.2, 0) is 9.91 Å². The fourth-order valence-corrected chi connectivity index (χ4v) is 1.98. The standard InChI is InChI=1S/C8H8F3O4P/c9-8(10,11)7(12,16(13,14)15)6-4-2-1-3-5-6/h1-5,12H,(H2,13,14,15). The van der Waals surface area contributed by atoms with Crippen molar-refractivity contribution in [3.8, 4) is 0 Å². The van der Waals surface area contributed by atoms with Crippen LogP contribution in [0.5, 0.6) is 0 Å². The van der Waals surface area contributed by atoms with E-state index in [2.05, 4.69) is 0 Å². The number of hydrogen-bond donors (Lipinski definition) is 3. The number of rotatable bonds is 2. The predicted molar refractivity (Wildman–Crippen MR) is 48.4 cm³/mol. The average Bonchev–Trinajstić information content (AvgIpc) is 2.14. The van der Waals surface area contributed by atoms with Gasteiger partial charge in [0.1, 0.15) is 0 Å². The van der Waals surface area contributed by atoms with Crippen molar-refractivity contribution in [2.45, 2.75) is 11.5 Å². The molecule has 3 N–H and O–H groups in total. The van der Waals surface area contributed by atoms with Gasteiger partial charge in [-0.15, -0.1) is 0 Å². The largest absolute Gasteiger partial charge is 0.433 e. The number of alkyl halides is 3. The minimum Gasteiger partial charge on any atom is -0.366 e. The molecular weight excluding hydrogens is 248 g/mol. The molecule has 0 aliphatic carbocycles. The summed E-state index contributed by atoms with van der Waals surface area (Å²) in [5.41, 5.74) is -0.893. The van der Waals surface area contributed by atoms with E-state index >= 15 is 0 Å². The number of benzene rings is 1. The van der Waals surface area contributed by atoms with E-state index in [1.54, 1.807) is 0 Å². The van der Waals surface area contributed by atoms with E-state index in [9.17, 15) is 22.8 Å². The molecule has 0 spiro atoms. The van der Waals surface area contributed by atoms with E-state index in [0.29, 0.717) is 0 Å². The second-order valence-electron chi connectivity index (χ2n) is 3.08. The Morgan fingerprint density at radius 3 is 1.81 bits per heavy atom. The van der Waals surface area contributed by atoms with Crippen molar-refractivity contribution in [3.05, 3.63) is 35.9 Å². The molecule has 0 bridgehead atoms. The predicted octanol–water partition coefficient (Wildman–Crippen LogP) is 1.57. The summed E-state index contributed by atoms with van der Waals surface area (Å²) in [5.74, 6) is 0. The first kappa shape index (κ1) is 13.2. The van der Waals surface area contributed by atoms with Gasteiger partial charge in [-0.3, -0.25) is 4.57 Å². The molecule has 0 aliphatic heterocycles. The summed E-state index contributed by atoms with van der Waals surface area (Å²) in [4.78, 5) is 17.3. The average molecular weight is 256 g/mol. The zero-order valence-electron chi connectivity index (χ0n) is 7.72. The summed E-state index contributed by atoms with van der Waals surface area (Å²) < 4.78 is 48.5. The van der Waals surface area contributed by atoms with Crippen LogP contribution in [0, 0.1) is 0 Å². The van der Waals surface area contributed by atoms with Crippen LogP contribution in [0.2, 0.25) is 0 Å². The Hall–Kier alpha value is -0.880. The Morgan fingerprint density at radius 2 is 1.50 bits per heavy atom. The van der Waals surface area contributed by atoms with Crippen LogP contribution in [0.1, 0.15) is 5.56 Å². The highest BCUT2D eigenvalue weighted by Gasteiger charge is 2.66. The molecule has 0 aliphatic rings. The Labute approximate surface area is 88.5 Å². The minimum atomic E-state index is -5.80. The fourth-order valence-electron chi connectivity index (χ4n) is 1.17. The summed E-state index contributed by atoms with van der Waals surface area (Å²) in [5, 5.41) is 5.10. The highest BCUT2D eigenvalue weighted by Crippen LogP contribution is 2.62. The van der Waals surface area contributed by atoms with Gasteiger partial charge in [-0.2, -0.15) is 13.2 Å². The second-order valence-corrected chi connectivity index (χ2v) is 4.82. The van der Waals surface area contributed by atoms with Gasteiger partial charge in [0.25, 0.3) is 5.34 Å². The van der Waals surface area contributed by atoms with Crippen molar-refractivity contribution < 1.29 is 32.6 Å². The van der Waals surface area contributed by atoms with Crippen LogP contribution in [0.25, 0.3) is 0 Å². The normalized spacial score (nSPS) is 16.9. The van der Waals surface area contributed by atoms with Crippen molar-refractivity contribution in [1.82, 2.24) is 0 Å². The zero-order valence-corrected chi connectivity index (χ0v) is 8.61. The summed E-state index contributed by atoms with van der Waals surface area (Å²) in [6.45, 7) is 0. The molecule has 8 heteroatoms. The minimum absolute atomic E-state index is 0.798. The summed E-state index contributed by atoms with van der Waals surface area (Å²) in [7, 11) is -5.80. The molecule has 1 aromatic carbocycles. The second kappa shape index (κ2) is 3.85. The van der Waals surface area contributed by atoms with Gasteiger partial charge >= 0.3 is 13.8 Å². The molecule has 90 valence electrons. The highest BCUT2D eigenvalue weighted by molar-refractivity contribution is 7.53. The maximum Gasteiger partial charge on any atom is 0.433 e. The lowest BCUT2D eigenvalue weighted by molar-refractivity contribution is -0.235. The van der Waals surface area contributed by atoms with Crippen LogP contribution in [0.3, 0.4) is 0 Å². The monoisotopic (exact) mass is 256 g/mol. The lowest BCUT2D eigenvalue weighted by Gasteiger charge is -2.30. The summed E-state index contributed by atoms with van der Waals surface area (Å²) in [6, 6.07) is 5.24. The van der Waals surface area contributed by atoms with Gasteiger partial charge in [-0.1, -0.05) is 30.3 Å². The van der Waals surface area contributed by atoms with Gasteiger partial charge in [0, 0.05) is 5.56 Å². The smallest absolute Gasteiger partial charge is 0.366 e. The molecule has 0 aromatic heterocycles. The Balaban J connectivity index is 3.46. The van der Waals surface area contributed by atoms with Crippen LogP contribution >= 0.6 is 7.60 Å². The molecule has 1 unspecified atom stereocenters. The maximum atomic E-state index is 12.5. The molecule has 0 fully saturated rings. The molecule has 4 nitrogen and oxygen atoms in total. The lowest BCUT2D eigenvalue weighted by Crippen LogP contribution is -2.41. The Morgan fingerprint density at radius 1 is 1.06 bits per heavy atom. The van der Waals surface area contributed by atoms with Crippen LogP contribution in [0.15, 0.2) is 30.3 Å². The van der Waals surface area contributed by atoms with Crippen LogP contribution < -0.4 is 0 Å². The zero-order chi connectivity index (χ0) is 12.6. The van der Waals surface area contributed by atoms with Gasteiger partial charge in [0.05, 0.1) is 0 Å². The molecule has 0 radical (unpaired) electrons. The third-order valence-corrected chi connectivity index (χ3v) is 3.35. The van der Waals surface area contributed by atoms with E-state index in [-0.39, 0.29) is 0 Å². The Kier molecular flexibility index (Phi) is 3.17. The van der Waals surface area contributed by atoms with Gasteiger partial charge in [0.2, 0.25) is 0 Å². The maximum absolute atomic E-state index is 12.5. The van der Waals surface area contributed by atoms with Crippen molar-refractivity contribution in [2.24, 2.45) is 0 Å². The van der Waals surface area contributed by atoms with E-state index in [0.717, 1.165) is 24.3 Å². The first-order valence-corrected chi connectivity index (χ1v) is 5.62. The van der Waals surface area contributed by atoms with Gasteiger partial charge in [-0.25, -0.2) is 0 Å². The molecule has 0 heterocycles. The highest BCUT2D eigenvalue weighted by atomic mass is 31.2. The van der Waals surface area contributed by atoms with Crippen LogP contribution in [0.4, 0.5) is 13.2 Å². The molecule has 0 saturated heterocycles. The summed E-state index contributed by atoms with van der Waals surface area (Å²) in [6.07, 6.45) is -5.46. The Bertz CT molecular complexity index is 413. The van der Waals surface area contributed by atoms with Crippen molar-refractivity contribution >= 4 is 7.60 Å². The lowest BCUT2D eigenvalue weighted by atomic mass is 10.1. The van der Waals surface area contributed by atoms with E-state index in [1.807, 2.05) is 0 Å². The molecule has 1 aromatic rings. The van der Waals surface area contributed by atoms with Crippen molar-refractivity contribution in [1.29, 1.82) is 0 Å². The number of hydrogen-bond acceptors (Lipinski definition) is 2. The van der Waals surface area contributed by atoms with Gasteiger partial charge < -0.3 is 14.9 Å². The molecule has 0 saturated carbocycles. The SMILES string of the molecule is O=P(O)(O)C(O)(c1ccccc1)C(F)(F)F. The van der Waals surface area contributed by atoms with Gasteiger partial charge in [-0.05, 0) is 0 Å². The van der Waals surface area contributed by atoms with E-state index < -0.39 is 24.7 Å². The third kappa shape index (κ3) is 1.99. The van der Waals surface area contributed by atoms with E-state index in [1.165, 1.54) is 6.07 Å². The molecule has 16 heavy (non-hydrogen) atoms. The topological polar surface area (TPSA) is 77.8 Å². The number of halogens is 3. The van der Waals surface area contributed by atoms with Gasteiger partial charge in [0.15, 0.2) is 0 Å². The third-order valence-electron chi connectivity index (χ3n) is 1.99. The molecule has 1 atom stereocenters. The van der Waals surface area contributed by atoms with Crippen molar-refractivity contribution in [3.63, 3.8) is 0 Å². The molecule has 0 amide bonds. The van der Waals surface area contributed by atoms with E-state index in [4.69, 9.17) is 9.79 Å². The van der Waals surface area contributed by atoms with Crippen molar-refractivity contribution in [2.75, 3.05) is 0 Å². The summed E-state index contributed by atoms with van der Waals surface area (Å²) >= 11 is 0. The quantitative estimate of drug-likeness (QED) is 0.702. The van der Waals surface area contributed by atoms with Crippen LogP contribution in [-0.4, -0.2) is 21.1 Å². The molecule has 1 rings (SSSR count). The fraction of sp³-hybridized carbons (Fsp3) is 0.250. The molecular formula is C8H8F3O4P. The first-order chi connectivity index (χ1) is 7.11. The number of aliphatic hydroxyl groups is 1.